The summed E-state index contributed by atoms with van der Waals surface area (Å²) in [4.78, 5) is 0. The molecule has 0 spiro atoms. The van der Waals surface area contributed by atoms with E-state index in [0.29, 0.717) is 16.5 Å². The summed E-state index contributed by atoms with van der Waals surface area (Å²) in [6, 6.07) is 4.86. The first-order valence-corrected chi connectivity index (χ1v) is 7.39. The number of likely N-dealkylation sites (N-methyl/N-ethyl adjacent to an activating group) is 1. The summed E-state index contributed by atoms with van der Waals surface area (Å²) in [6.07, 6.45) is 8.24. The second-order valence-corrected chi connectivity index (χ2v) is 5.63. The lowest BCUT2D eigenvalue weighted by Crippen LogP contribution is -2.19. The first-order chi connectivity index (χ1) is 9.22. The molecule has 104 valence electrons. The third-order valence-electron chi connectivity index (χ3n) is 3.84. The number of halogens is 2. The SMILES string of the molecule is CNCC(=Cc1c(F)cccc1Cl)C1CCCCC1. The van der Waals surface area contributed by atoms with Crippen LogP contribution in [-0.2, 0) is 0 Å². The highest BCUT2D eigenvalue weighted by Gasteiger charge is 2.18. The van der Waals surface area contributed by atoms with Gasteiger partial charge in [0.2, 0.25) is 0 Å². The summed E-state index contributed by atoms with van der Waals surface area (Å²) in [6.45, 7) is 0.801. The molecule has 1 aromatic carbocycles. The number of hydrogen-bond acceptors (Lipinski definition) is 1. The lowest BCUT2D eigenvalue weighted by molar-refractivity contribution is 0.398. The molecule has 0 radical (unpaired) electrons. The third-order valence-corrected chi connectivity index (χ3v) is 4.17. The Balaban J connectivity index is 2.29. The van der Waals surface area contributed by atoms with E-state index in [4.69, 9.17) is 11.6 Å². The maximum atomic E-state index is 13.9. The second kappa shape index (κ2) is 7.06. The van der Waals surface area contributed by atoms with Gasteiger partial charge in [0.25, 0.3) is 0 Å². The number of nitrogens with one attached hydrogen (secondary N) is 1. The molecule has 3 heteroatoms. The van der Waals surface area contributed by atoms with E-state index in [1.54, 1.807) is 12.1 Å². The summed E-state index contributed by atoms with van der Waals surface area (Å²) in [7, 11) is 1.93. The van der Waals surface area contributed by atoms with Gasteiger partial charge in [-0.15, -0.1) is 0 Å². The van der Waals surface area contributed by atoms with E-state index >= 15 is 0 Å². The van der Waals surface area contributed by atoms with Gasteiger partial charge in [-0.1, -0.05) is 42.5 Å². The molecule has 1 fully saturated rings. The van der Waals surface area contributed by atoms with Crippen LogP contribution in [0, 0.1) is 11.7 Å². The average Bonchev–Trinajstić information content (AvgIpc) is 2.43. The van der Waals surface area contributed by atoms with Crippen molar-refractivity contribution in [3.8, 4) is 0 Å². The standard InChI is InChI=1S/C16H21ClFN/c1-19-11-13(12-6-3-2-4-7-12)10-14-15(17)8-5-9-16(14)18/h5,8-10,12,19H,2-4,6-7,11H2,1H3. The van der Waals surface area contributed by atoms with Crippen LogP contribution in [0.25, 0.3) is 6.08 Å². The Labute approximate surface area is 119 Å². The molecule has 1 aliphatic carbocycles. The summed E-state index contributed by atoms with van der Waals surface area (Å²) < 4.78 is 13.9. The molecule has 0 saturated heterocycles. The molecular weight excluding hydrogens is 261 g/mol. The van der Waals surface area contributed by atoms with Crippen molar-refractivity contribution in [3.05, 3.63) is 40.2 Å². The van der Waals surface area contributed by atoms with Gasteiger partial charge in [0.1, 0.15) is 5.82 Å². The van der Waals surface area contributed by atoms with Gasteiger partial charge >= 0.3 is 0 Å². The van der Waals surface area contributed by atoms with Crippen molar-refractivity contribution in [1.82, 2.24) is 5.32 Å². The molecule has 19 heavy (non-hydrogen) atoms. The van der Waals surface area contributed by atoms with Crippen molar-refractivity contribution < 1.29 is 4.39 Å². The Morgan fingerprint density at radius 3 is 2.74 bits per heavy atom. The summed E-state index contributed by atoms with van der Waals surface area (Å²) >= 11 is 6.11. The molecule has 2 rings (SSSR count). The second-order valence-electron chi connectivity index (χ2n) is 5.22. The highest BCUT2D eigenvalue weighted by Crippen LogP contribution is 2.32. The largest absolute Gasteiger partial charge is 0.316 e. The monoisotopic (exact) mass is 281 g/mol. The van der Waals surface area contributed by atoms with Crippen LogP contribution in [0.2, 0.25) is 5.02 Å². The summed E-state index contributed by atoms with van der Waals surface area (Å²) in [5, 5.41) is 3.68. The molecule has 0 unspecified atom stereocenters. The molecule has 0 amide bonds. The van der Waals surface area contributed by atoms with E-state index in [1.165, 1.54) is 43.7 Å². The average molecular weight is 282 g/mol. The van der Waals surface area contributed by atoms with Crippen molar-refractivity contribution in [3.63, 3.8) is 0 Å². The van der Waals surface area contributed by atoms with Gasteiger partial charge in [-0.3, -0.25) is 0 Å². The smallest absolute Gasteiger partial charge is 0.131 e. The van der Waals surface area contributed by atoms with E-state index in [9.17, 15) is 4.39 Å². The first-order valence-electron chi connectivity index (χ1n) is 7.01. The van der Waals surface area contributed by atoms with Crippen molar-refractivity contribution in [1.29, 1.82) is 0 Å². The molecule has 1 nitrogen and oxygen atoms in total. The van der Waals surface area contributed by atoms with E-state index in [2.05, 4.69) is 5.32 Å². The summed E-state index contributed by atoms with van der Waals surface area (Å²) in [5.41, 5.74) is 1.80. The maximum absolute atomic E-state index is 13.9. The van der Waals surface area contributed by atoms with Crippen molar-refractivity contribution in [2.45, 2.75) is 32.1 Å². The Hall–Kier alpha value is -0.860. The Kier molecular flexibility index (Phi) is 5.41. The van der Waals surface area contributed by atoms with Gasteiger partial charge in [-0.25, -0.2) is 4.39 Å². The van der Waals surface area contributed by atoms with Crippen LogP contribution in [0.1, 0.15) is 37.7 Å². The molecule has 1 saturated carbocycles. The van der Waals surface area contributed by atoms with E-state index < -0.39 is 0 Å². The Bertz CT molecular complexity index is 430. The van der Waals surface area contributed by atoms with Crippen molar-refractivity contribution in [2.75, 3.05) is 13.6 Å². The Morgan fingerprint density at radius 1 is 1.37 bits per heavy atom. The van der Waals surface area contributed by atoms with Gasteiger partial charge in [-0.2, -0.15) is 0 Å². The van der Waals surface area contributed by atoms with Crippen molar-refractivity contribution in [2.24, 2.45) is 5.92 Å². The van der Waals surface area contributed by atoms with Gasteiger partial charge in [0.15, 0.2) is 0 Å². The number of hydrogen-bond donors (Lipinski definition) is 1. The molecule has 0 bridgehead atoms. The number of benzene rings is 1. The summed E-state index contributed by atoms with van der Waals surface area (Å²) in [5.74, 6) is 0.328. The minimum atomic E-state index is -0.239. The van der Waals surface area contributed by atoms with Crippen LogP contribution < -0.4 is 5.32 Å². The zero-order valence-corrected chi connectivity index (χ0v) is 12.1. The highest BCUT2D eigenvalue weighted by molar-refractivity contribution is 6.32. The van der Waals surface area contributed by atoms with Gasteiger partial charge < -0.3 is 5.32 Å². The fourth-order valence-electron chi connectivity index (χ4n) is 2.82. The first kappa shape index (κ1) is 14.5. The van der Waals surface area contributed by atoms with Crippen LogP contribution in [0.5, 0.6) is 0 Å². The lowest BCUT2D eigenvalue weighted by Gasteiger charge is -2.25. The normalized spacial score (nSPS) is 17.7. The van der Waals surface area contributed by atoms with Crippen LogP contribution in [0.4, 0.5) is 4.39 Å². The zero-order valence-electron chi connectivity index (χ0n) is 11.4. The third kappa shape index (κ3) is 3.80. The molecule has 1 aromatic rings. The minimum Gasteiger partial charge on any atom is -0.316 e. The van der Waals surface area contributed by atoms with E-state index in [-0.39, 0.29) is 5.82 Å². The molecule has 0 heterocycles. The van der Waals surface area contributed by atoms with Gasteiger partial charge in [0, 0.05) is 12.1 Å². The fraction of sp³-hybridized carbons (Fsp3) is 0.500. The van der Waals surface area contributed by atoms with Crippen LogP contribution in [0.15, 0.2) is 23.8 Å². The van der Waals surface area contributed by atoms with Gasteiger partial charge in [0.05, 0.1) is 5.02 Å². The van der Waals surface area contributed by atoms with E-state index in [0.717, 1.165) is 6.54 Å². The van der Waals surface area contributed by atoms with Crippen LogP contribution in [0.3, 0.4) is 0 Å². The molecule has 0 aromatic heterocycles. The molecular formula is C16H21ClFN. The molecule has 0 aliphatic heterocycles. The topological polar surface area (TPSA) is 12.0 Å². The highest BCUT2D eigenvalue weighted by atomic mass is 35.5. The van der Waals surface area contributed by atoms with Crippen LogP contribution >= 0.6 is 11.6 Å². The predicted molar refractivity (Wildman–Crippen MR) is 79.9 cm³/mol. The molecule has 1 N–H and O–H groups in total. The lowest BCUT2D eigenvalue weighted by atomic mass is 9.83. The maximum Gasteiger partial charge on any atom is 0.131 e. The molecule has 0 atom stereocenters. The number of rotatable bonds is 4. The zero-order chi connectivity index (χ0) is 13.7. The predicted octanol–water partition coefficient (Wildman–Crippen LogP) is 4.66. The minimum absolute atomic E-state index is 0.239. The van der Waals surface area contributed by atoms with Crippen molar-refractivity contribution >= 4 is 17.7 Å². The Morgan fingerprint density at radius 2 is 2.11 bits per heavy atom. The molecule has 1 aliphatic rings. The van der Waals surface area contributed by atoms with Crippen LogP contribution in [-0.4, -0.2) is 13.6 Å². The quantitative estimate of drug-likeness (QED) is 0.846. The van der Waals surface area contributed by atoms with Gasteiger partial charge in [-0.05, 0) is 44.0 Å². The fourth-order valence-corrected chi connectivity index (χ4v) is 3.04. The van der Waals surface area contributed by atoms with E-state index in [1.807, 2.05) is 13.1 Å².